The predicted molar refractivity (Wildman–Crippen MR) is 69.5 cm³/mol. The molecule has 2 rings (SSSR count). The summed E-state index contributed by atoms with van der Waals surface area (Å²) in [5.74, 6) is 0.417. The average molecular weight is 240 g/mol. The molecule has 0 aromatic heterocycles. The maximum atomic E-state index is 8.76. The lowest BCUT2D eigenvalue weighted by Gasteiger charge is -2.23. The fourth-order valence-electron chi connectivity index (χ4n) is 1.80. The zero-order chi connectivity index (χ0) is 13.1. The lowest BCUT2D eigenvalue weighted by Crippen LogP contribution is -2.34. The van der Waals surface area contributed by atoms with Crippen molar-refractivity contribution in [3.8, 4) is 6.07 Å². The summed E-state index contributed by atoms with van der Waals surface area (Å²) in [6.45, 7) is 0. The van der Waals surface area contributed by atoms with E-state index in [0.717, 1.165) is 5.57 Å². The van der Waals surface area contributed by atoms with E-state index in [1.165, 1.54) is 6.20 Å². The van der Waals surface area contributed by atoms with Gasteiger partial charge in [0.2, 0.25) is 0 Å². The summed E-state index contributed by atoms with van der Waals surface area (Å²) in [6, 6.07) is 1.74. The Morgan fingerprint density at radius 1 is 1.61 bits per heavy atom. The van der Waals surface area contributed by atoms with Crippen LogP contribution >= 0.6 is 0 Å². The number of nitrogens with two attached hydrogens (primary N) is 2. The molecule has 90 valence electrons. The minimum atomic E-state index is -0.182. The summed E-state index contributed by atoms with van der Waals surface area (Å²) in [4.78, 5) is 3.97. The number of allylic oxidation sites excluding steroid dienone is 3. The standard InChI is InChI=1S/C12H12N6/c13-4-9(10(15)5-14)7-1-2-11-8(3-7)12(16)18-6-17-11/h1-4,6,11,15H,13,16H2,(H,17,18)/b9-4-,15-10?. The molecule has 18 heavy (non-hydrogen) atoms. The van der Waals surface area contributed by atoms with Crippen LogP contribution in [0.15, 0.2) is 52.0 Å². The van der Waals surface area contributed by atoms with Crippen molar-refractivity contribution in [2.24, 2.45) is 16.5 Å². The molecule has 1 heterocycles. The Morgan fingerprint density at radius 2 is 2.39 bits per heavy atom. The van der Waals surface area contributed by atoms with Gasteiger partial charge in [-0.3, -0.25) is 5.41 Å². The van der Waals surface area contributed by atoms with Gasteiger partial charge in [-0.25, -0.2) is 4.99 Å². The molecule has 0 fully saturated rings. The van der Waals surface area contributed by atoms with E-state index in [9.17, 15) is 0 Å². The first-order chi connectivity index (χ1) is 8.67. The molecule has 2 aliphatic rings. The summed E-state index contributed by atoms with van der Waals surface area (Å²) in [5, 5.41) is 19.3. The molecule has 0 aromatic carbocycles. The van der Waals surface area contributed by atoms with Crippen LogP contribution in [0.5, 0.6) is 0 Å². The van der Waals surface area contributed by atoms with Gasteiger partial charge in [-0.15, -0.1) is 0 Å². The quantitative estimate of drug-likeness (QED) is 0.508. The lowest BCUT2D eigenvalue weighted by atomic mass is 9.91. The van der Waals surface area contributed by atoms with Crippen LogP contribution in [0.1, 0.15) is 0 Å². The van der Waals surface area contributed by atoms with Crippen LogP contribution in [0, 0.1) is 16.7 Å². The van der Waals surface area contributed by atoms with Crippen LogP contribution in [-0.2, 0) is 0 Å². The number of fused-ring (bicyclic) bond motifs is 1. The number of nitrogens with zero attached hydrogens (tertiary/aromatic N) is 2. The highest BCUT2D eigenvalue weighted by atomic mass is 15.0. The normalized spacial score (nSPS) is 21.8. The van der Waals surface area contributed by atoms with Crippen molar-refractivity contribution >= 4 is 12.1 Å². The van der Waals surface area contributed by atoms with Gasteiger partial charge in [0.15, 0.2) is 0 Å². The van der Waals surface area contributed by atoms with Gasteiger partial charge in [0, 0.05) is 17.3 Å². The Kier molecular flexibility index (Phi) is 2.98. The van der Waals surface area contributed by atoms with Gasteiger partial charge in [0.25, 0.3) is 0 Å². The number of rotatable bonds is 2. The Bertz CT molecular complexity index is 582. The van der Waals surface area contributed by atoms with Crippen molar-refractivity contribution in [1.29, 1.82) is 10.7 Å². The highest BCUT2D eigenvalue weighted by Gasteiger charge is 2.21. The number of hydrogen-bond acceptors (Lipinski definition) is 6. The van der Waals surface area contributed by atoms with E-state index >= 15 is 0 Å². The molecule has 0 saturated heterocycles. The van der Waals surface area contributed by atoms with Gasteiger partial charge < -0.3 is 16.8 Å². The molecule has 6 N–H and O–H groups in total. The molecular formula is C12H12N6. The van der Waals surface area contributed by atoms with Crippen molar-refractivity contribution in [2.75, 3.05) is 0 Å². The van der Waals surface area contributed by atoms with E-state index < -0.39 is 0 Å². The summed E-state index contributed by atoms with van der Waals surface area (Å²) in [5.41, 5.74) is 12.9. The monoisotopic (exact) mass is 240 g/mol. The molecule has 0 aromatic rings. The van der Waals surface area contributed by atoms with Gasteiger partial charge in [-0.2, -0.15) is 5.26 Å². The zero-order valence-electron chi connectivity index (χ0n) is 9.51. The average Bonchev–Trinajstić information content (AvgIpc) is 2.40. The number of nitrogens with one attached hydrogen (secondary N) is 2. The van der Waals surface area contributed by atoms with Gasteiger partial charge in [-0.05, 0) is 11.6 Å². The maximum Gasteiger partial charge on any atom is 0.141 e. The van der Waals surface area contributed by atoms with E-state index in [4.69, 9.17) is 22.1 Å². The highest BCUT2D eigenvalue weighted by Crippen LogP contribution is 2.24. The molecule has 1 aliphatic heterocycles. The Balaban J connectivity index is 2.43. The third-order valence-electron chi connectivity index (χ3n) is 2.73. The highest BCUT2D eigenvalue weighted by molar-refractivity contribution is 6.12. The third kappa shape index (κ3) is 1.89. The minimum absolute atomic E-state index is 0.0263. The van der Waals surface area contributed by atoms with Crippen molar-refractivity contribution < 1.29 is 0 Å². The van der Waals surface area contributed by atoms with Crippen LogP contribution in [-0.4, -0.2) is 18.1 Å². The Hall–Kier alpha value is -2.81. The first-order valence-corrected chi connectivity index (χ1v) is 5.26. The van der Waals surface area contributed by atoms with Crippen LogP contribution < -0.4 is 16.8 Å². The minimum Gasteiger partial charge on any atom is -0.404 e. The Morgan fingerprint density at radius 3 is 3.06 bits per heavy atom. The zero-order valence-corrected chi connectivity index (χ0v) is 9.51. The third-order valence-corrected chi connectivity index (χ3v) is 2.73. The predicted octanol–water partition coefficient (Wildman–Crippen LogP) is 0.0390. The summed E-state index contributed by atoms with van der Waals surface area (Å²) in [7, 11) is 0. The molecule has 1 unspecified atom stereocenters. The SMILES string of the molecule is N#CC(=N)/C(=C\N)C1=CC2=C(N)N=CNC2C=C1. The molecule has 0 bridgehead atoms. The number of aliphatic imine (C=N–C) groups is 1. The molecule has 6 nitrogen and oxygen atoms in total. The van der Waals surface area contributed by atoms with Crippen molar-refractivity contribution in [3.63, 3.8) is 0 Å². The first-order valence-electron chi connectivity index (χ1n) is 5.26. The van der Waals surface area contributed by atoms with Crippen LogP contribution in [0.2, 0.25) is 0 Å². The molecule has 0 saturated carbocycles. The van der Waals surface area contributed by atoms with Crippen LogP contribution in [0.4, 0.5) is 0 Å². The summed E-state index contributed by atoms with van der Waals surface area (Å²) >= 11 is 0. The molecule has 1 atom stereocenters. The van der Waals surface area contributed by atoms with E-state index in [0.29, 0.717) is 17.0 Å². The molecular weight excluding hydrogens is 228 g/mol. The number of hydrogen-bond donors (Lipinski definition) is 4. The van der Waals surface area contributed by atoms with Gasteiger partial charge >= 0.3 is 0 Å². The molecule has 1 aliphatic carbocycles. The molecule has 0 radical (unpaired) electrons. The van der Waals surface area contributed by atoms with Gasteiger partial charge in [-0.1, -0.05) is 12.2 Å². The van der Waals surface area contributed by atoms with Crippen LogP contribution in [0.25, 0.3) is 0 Å². The summed E-state index contributed by atoms with van der Waals surface area (Å²) in [6.07, 6.45) is 8.27. The van der Waals surface area contributed by atoms with Gasteiger partial charge in [0.1, 0.15) is 17.6 Å². The van der Waals surface area contributed by atoms with Crippen molar-refractivity contribution in [1.82, 2.24) is 5.32 Å². The second kappa shape index (κ2) is 4.59. The summed E-state index contributed by atoms with van der Waals surface area (Å²) < 4.78 is 0. The number of nitriles is 1. The van der Waals surface area contributed by atoms with E-state index in [-0.39, 0.29) is 11.8 Å². The van der Waals surface area contributed by atoms with Gasteiger partial charge in [0.05, 0.1) is 12.4 Å². The second-order valence-electron chi connectivity index (χ2n) is 3.77. The second-order valence-corrected chi connectivity index (χ2v) is 3.77. The van der Waals surface area contributed by atoms with E-state index in [2.05, 4.69) is 10.3 Å². The fourth-order valence-corrected chi connectivity index (χ4v) is 1.80. The van der Waals surface area contributed by atoms with E-state index in [1.807, 2.05) is 6.08 Å². The van der Waals surface area contributed by atoms with Crippen molar-refractivity contribution in [3.05, 3.63) is 47.0 Å². The van der Waals surface area contributed by atoms with Crippen LogP contribution in [0.3, 0.4) is 0 Å². The fraction of sp³-hybridized carbons (Fsp3) is 0.0833. The lowest BCUT2D eigenvalue weighted by molar-refractivity contribution is 0.814. The topological polar surface area (TPSA) is 124 Å². The molecule has 0 spiro atoms. The molecule has 0 amide bonds. The Labute approximate surface area is 104 Å². The molecule has 6 heteroatoms. The maximum absolute atomic E-state index is 8.76. The van der Waals surface area contributed by atoms with Crippen molar-refractivity contribution in [2.45, 2.75) is 6.04 Å². The van der Waals surface area contributed by atoms with E-state index in [1.54, 1.807) is 24.6 Å². The largest absolute Gasteiger partial charge is 0.404 e. The first kappa shape index (κ1) is 11.7. The smallest absolute Gasteiger partial charge is 0.141 e.